The van der Waals surface area contributed by atoms with Gasteiger partial charge in [-0.25, -0.2) is 0 Å². The highest BCUT2D eigenvalue weighted by atomic mass is 31.1. The normalized spacial score (nSPS) is 17.9. The molecule has 2 rings (SSSR count). The molecule has 0 nitrogen and oxygen atoms in total. The number of rotatable bonds is 1. The van der Waals surface area contributed by atoms with E-state index < -0.39 is 0 Å². The van der Waals surface area contributed by atoms with Gasteiger partial charge in [0.1, 0.15) is 19.1 Å². The molecule has 0 aliphatic heterocycles. The summed E-state index contributed by atoms with van der Waals surface area (Å²) in [5, 5.41) is 0. The molecular weight excluding hydrogens is 199 g/mol. The van der Waals surface area contributed by atoms with Crippen LogP contribution in [0.1, 0.15) is 33.4 Å². The lowest BCUT2D eigenvalue weighted by Crippen LogP contribution is -1.89. The summed E-state index contributed by atoms with van der Waals surface area (Å²) < 4.78 is 0. The molecule has 0 N–H and O–H groups in total. The summed E-state index contributed by atoms with van der Waals surface area (Å²) in [5.41, 5.74) is 6.84. The standard InChI is InChI=1S/C14H18P/c1-10-11(2)13(4)14(12(10)3)15-8-6-5-7-9-15/h5-9,14H,1-4H3/q+1. The van der Waals surface area contributed by atoms with E-state index in [0.717, 1.165) is 0 Å². The minimum Gasteiger partial charge on any atom is -0.0548 e. The fourth-order valence-electron chi connectivity index (χ4n) is 2.36. The first-order valence-electron chi connectivity index (χ1n) is 5.44. The topological polar surface area (TPSA) is 0 Å². The Balaban J connectivity index is 2.50. The van der Waals surface area contributed by atoms with Crippen molar-refractivity contribution in [1.29, 1.82) is 0 Å². The molecule has 0 spiro atoms. The van der Waals surface area contributed by atoms with Crippen molar-refractivity contribution in [2.24, 2.45) is 0 Å². The Hall–Kier alpha value is -0.870. The molecule has 1 heteroatoms. The van der Waals surface area contributed by atoms with Crippen LogP contribution in [0.2, 0.25) is 0 Å². The first-order valence-corrected chi connectivity index (χ1v) is 6.98. The van der Waals surface area contributed by atoms with Crippen molar-refractivity contribution >= 4 is 7.53 Å². The average molecular weight is 217 g/mol. The second kappa shape index (κ2) is 3.94. The minimum absolute atomic E-state index is 0.113. The maximum atomic E-state index is 2.37. The van der Waals surface area contributed by atoms with E-state index in [4.69, 9.17) is 0 Å². The molecule has 0 aromatic carbocycles. The van der Waals surface area contributed by atoms with Crippen LogP contribution in [-0.4, -0.2) is 0 Å². The van der Waals surface area contributed by atoms with Gasteiger partial charge in [0, 0.05) is 0 Å². The molecule has 0 saturated heterocycles. The Morgan fingerprint density at radius 2 is 1.27 bits per heavy atom. The average Bonchev–Trinajstić information content (AvgIpc) is 2.45. The molecular formula is C14H18P+. The molecule has 0 atom stereocenters. The van der Waals surface area contributed by atoms with E-state index in [9.17, 15) is 0 Å². The van der Waals surface area contributed by atoms with Gasteiger partial charge in [0.15, 0.2) is 5.66 Å². The van der Waals surface area contributed by atoms with E-state index in [0.29, 0.717) is 5.66 Å². The van der Waals surface area contributed by atoms with Crippen molar-refractivity contribution in [2.75, 3.05) is 0 Å². The molecule has 15 heavy (non-hydrogen) atoms. The van der Waals surface area contributed by atoms with Crippen LogP contribution in [0.3, 0.4) is 0 Å². The lowest BCUT2D eigenvalue weighted by atomic mass is 10.1. The highest BCUT2D eigenvalue weighted by molar-refractivity contribution is 7.49. The summed E-state index contributed by atoms with van der Waals surface area (Å²) >= 11 is 0. The molecule has 1 aromatic heterocycles. The molecule has 0 fully saturated rings. The quantitative estimate of drug-likeness (QED) is 0.607. The van der Waals surface area contributed by atoms with Crippen molar-refractivity contribution in [2.45, 2.75) is 33.4 Å². The maximum Gasteiger partial charge on any atom is 0.163 e. The Labute approximate surface area is 93.4 Å². The fraction of sp³-hybridized carbons (Fsp3) is 0.357. The van der Waals surface area contributed by atoms with Crippen LogP contribution in [-0.2, 0) is 0 Å². The number of hydrogen-bond donors (Lipinski definition) is 0. The molecule has 0 amide bonds. The molecule has 0 saturated carbocycles. The first-order chi connectivity index (χ1) is 7.13. The molecule has 1 aliphatic rings. The van der Waals surface area contributed by atoms with Crippen LogP contribution in [0.25, 0.3) is 0 Å². The van der Waals surface area contributed by atoms with Gasteiger partial charge in [-0.3, -0.25) is 0 Å². The van der Waals surface area contributed by atoms with Crippen molar-refractivity contribution in [3.05, 3.63) is 52.1 Å². The predicted molar refractivity (Wildman–Crippen MR) is 69.3 cm³/mol. The third-order valence-electron chi connectivity index (χ3n) is 3.60. The largest absolute Gasteiger partial charge is 0.163 e. The van der Waals surface area contributed by atoms with E-state index in [-0.39, 0.29) is 7.53 Å². The Bertz CT molecular complexity index is 414. The van der Waals surface area contributed by atoms with Crippen molar-refractivity contribution in [1.82, 2.24) is 0 Å². The van der Waals surface area contributed by atoms with Crippen LogP contribution in [0.4, 0.5) is 0 Å². The van der Waals surface area contributed by atoms with Crippen molar-refractivity contribution in [3.63, 3.8) is 0 Å². The second-order valence-electron chi connectivity index (χ2n) is 4.34. The van der Waals surface area contributed by atoms with Gasteiger partial charge < -0.3 is 0 Å². The summed E-state index contributed by atoms with van der Waals surface area (Å²) in [6, 6.07) is 6.50. The summed E-state index contributed by atoms with van der Waals surface area (Å²) in [7, 11) is -0.113. The van der Waals surface area contributed by atoms with E-state index >= 15 is 0 Å². The van der Waals surface area contributed by atoms with Gasteiger partial charge in [-0.2, -0.15) is 0 Å². The van der Waals surface area contributed by atoms with Crippen molar-refractivity contribution in [3.8, 4) is 0 Å². The fourth-order valence-corrected chi connectivity index (χ4v) is 4.68. The zero-order chi connectivity index (χ0) is 11.0. The van der Waals surface area contributed by atoms with Crippen LogP contribution in [0, 0.1) is 0 Å². The summed E-state index contributed by atoms with van der Waals surface area (Å²) in [6.45, 7) is 9.10. The molecule has 1 aliphatic carbocycles. The molecule has 1 heterocycles. The van der Waals surface area contributed by atoms with Crippen LogP contribution in [0.15, 0.2) is 52.1 Å². The summed E-state index contributed by atoms with van der Waals surface area (Å²) in [4.78, 5) is 0. The van der Waals surface area contributed by atoms with Gasteiger partial charge in [0.25, 0.3) is 0 Å². The van der Waals surface area contributed by atoms with E-state index in [1.807, 2.05) is 0 Å². The molecule has 0 unspecified atom stereocenters. The number of allylic oxidation sites excluding steroid dienone is 4. The lowest BCUT2D eigenvalue weighted by molar-refractivity contribution is 1.09. The molecule has 78 valence electrons. The monoisotopic (exact) mass is 217 g/mol. The zero-order valence-corrected chi connectivity index (χ0v) is 10.8. The van der Waals surface area contributed by atoms with Gasteiger partial charge in [-0.1, -0.05) is 6.07 Å². The Morgan fingerprint density at radius 1 is 0.800 bits per heavy atom. The van der Waals surface area contributed by atoms with Gasteiger partial charge in [0.05, 0.1) is 0 Å². The van der Waals surface area contributed by atoms with Crippen LogP contribution < -0.4 is 0 Å². The van der Waals surface area contributed by atoms with E-state index in [1.165, 1.54) is 11.1 Å². The van der Waals surface area contributed by atoms with Gasteiger partial charge >= 0.3 is 0 Å². The van der Waals surface area contributed by atoms with Gasteiger partial charge in [-0.05, 0) is 62.1 Å². The summed E-state index contributed by atoms with van der Waals surface area (Å²) in [5.74, 6) is 4.75. The molecule has 1 aromatic rings. The maximum absolute atomic E-state index is 2.37. The highest BCUT2D eigenvalue weighted by Crippen LogP contribution is 2.53. The second-order valence-corrected chi connectivity index (χ2v) is 6.35. The van der Waals surface area contributed by atoms with E-state index in [1.54, 1.807) is 11.1 Å². The Morgan fingerprint density at radius 3 is 1.73 bits per heavy atom. The highest BCUT2D eigenvalue weighted by Gasteiger charge is 2.32. The molecule has 0 bridgehead atoms. The minimum atomic E-state index is -0.113. The van der Waals surface area contributed by atoms with Crippen LogP contribution >= 0.6 is 7.53 Å². The number of hydrogen-bond acceptors (Lipinski definition) is 0. The van der Waals surface area contributed by atoms with E-state index in [2.05, 4.69) is 57.5 Å². The van der Waals surface area contributed by atoms with Gasteiger partial charge in [-0.15, -0.1) is 0 Å². The summed E-state index contributed by atoms with van der Waals surface area (Å²) in [6.07, 6.45) is 0. The smallest absolute Gasteiger partial charge is 0.0548 e. The van der Waals surface area contributed by atoms with Crippen LogP contribution in [0.5, 0.6) is 0 Å². The molecule has 0 radical (unpaired) electrons. The third-order valence-corrected chi connectivity index (χ3v) is 6.01. The zero-order valence-electron chi connectivity index (χ0n) is 9.91. The third kappa shape index (κ3) is 1.68. The van der Waals surface area contributed by atoms with Gasteiger partial charge in [0.2, 0.25) is 0 Å². The SMILES string of the molecule is CC1=C(C)C([p+]2ccccc2)C(C)=C1C. The van der Waals surface area contributed by atoms with Crippen molar-refractivity contribution < 1.29 is 0 Å². The predicted octanol–water partition coefficient (Wildman–Crippen LogP) is 5.18. The lowest BCUT2D eigenvalue weighted by Gasteiger charge is -2.05. The first kappa shape index (κ1) is 10.6. The Kier molecular flexibility index (Phi) is 2.80.